The quantitative estimate of drug-likeness (QED) is 0.725. The summed E-state index contributed by atoms with van der Waals surface area (Å²) in [5, 5.41) is 15.6. The van der Waals surface area contributed by atoms with Crippen LogP contribution in [0.25, 0.3) is 0 Å². The van der Waals surface area contributed by atoms with Crippen LogP contribution < -0.4 is 4.57 Å². The normalized spacial score (nSPS) is 12.6. The molecule has 0 radical (unpaired) electrons. The Labute approximate surface area is 145 Å². The van der Waals surface area contributed by atoms with E-state index in [1.54, 1.807) is 35.2 Å². The fourth-order valence-electron chi connectivity index (χ4n) is 2.41. The summed E-state index contributed by atoms with van der Waals surface area (Å²) in [5.41, 5.74) is -0.137. The van der Waals surface area contributed by atoms with Gasteiger partial charge in [-0.2, -0.15) is 28.1 Å². The zero-order valence-electron chi connectivity index (χ0n) is 12.5. The van der Waals surface area contributed by atoms with Gasteiger partial charge in [0.05, 0.1) is 16.8 Å². The van der Waals surface area contributed by atoms with Crippen LogP contribution in [0, 0.1) is 11.3 Å². The Morgan fingerprint density at radius 1 is 1.20 bits per heavy atom. The lowest BCUT2D eigenvalue weighted by Crippen LogP contribution is -2.41. The van der Waals surface area contributed by atoms with Gasteiger partial charge in [0.25, 0.3) is 0 Å². The third-order valence-corrected chi connectivity index (χ3v) is 3.86. The molecule has 0 amide bonds. The second-order valence-electron chi connectivity index (χ2n) is 5.12. The van der Waals surface area contributed by atoms with Crippen molar-refractivity contribution in [3.05, 3.63) is 76.6 Å². The number of aromatic nitrogens is 4. The highest BCUT2D eigenvalue weighted by atomic mass is 35.5. The van der Waals surface area contributed by atoms with Crippen LogP contribution >= 0.6 is 11.6 Å². The number of rotatable bonds is 3. The van der Waals surface area contributed by atoms with Crippen LogP contribution in [-0.2, 0) is 6.18 Å². The van der Waals surface area contributed by atoms with E-state index in [-0.39, 0.29) is 16.3 Å². The summed E-state index contributed by atoms with van der Waals surface area (Å²) in [6.07, 6.45) is 0.908. The molecule has 0 aliphatic heterocycles. The van der Waals surface area contributed by atoms with Crippen LogP contribution in [-0.4, -0.2) is 15.2 Å². The Kier molecular flexibility index (Phi) is 4.42. The first-order chi connectivity index (χ1) is 11.9. The molecule has 0 bridgehead atoms. The van der Waals surface area contributed by atoms with Crippen molar-refractivity contribution in [2.24, 2.45) is 0 Å². The number of nitrogens with one attached hydrogen (secondary N) is 1. The number of halogens is 4. The molecule has 0 fully saturated rings. The molecule has 0 aliphatic rings. The van der Waals surface area contributed by atoms with Crippen LogP contribution in [0.3, 0.4) is 0 Å². The van der Waals surface area contributed by atoms with E-state index in [1.807, 2.05) is 6.07 Å². The maximum absolute atomic E-state index is 12.9. The molecule has 1 unspecified atom stereocenters. The van der Waals surface area contributed by atoms with E-state index >= 15 is 0 Å². The first kappa shape index (κ1) is 16.9. The minimum Gasteiger partial charge on any atom is -0.274 e. The molecule has 1 atom stereocenters. The standard InChI is InChI=1S/C16H10ClF3N5/c17-12-6-11(16(18,19)20)9-22-14(12)15(25-4-2-1-3-5-25)13-10(7-21)8-23-24-13/h1-6,8-9,15H,(H,23,24)/q+1. The van der Waals surface area contributed by atoms with Crippen molar-refractivity contribution < 1.29 is 17.7 Å². The second-order valence-corrected chi connectivity index (χ2v) is 5.53. The Morgan fingerprint density at radius 2 is 1.92 bits per heavy atom. The summed E-state index contributed by atoms with van der Waals surface area (Å²) in [4.78, 5) is 3.92. The summed E-state index contributed by atoms with van der Waals surface area (Å²) in [7, 11) is 0. The number of alkyl halides is 3. The van der Waals surface area contributed by atoms with Crippen molar-refractivity contribution in [2.75, 3.05) is 0 Å². The fraction of sp³-hybridized carbons (Fsp3) is 0.125. The lowest BCUT2D eigenvalue weighted by atomic mass is 10.0. The molecular weight excluding hydrogens is 355 g/mol. The Bertz CT molecular complexity index is 931. The van der Waals surface area contributed by atoms with Gasteiger partial charge >= 0.3 is 6.18 Å². The number of nitrogens with zero attached hydrogens (tertiary/aromatic N) is 4. The molecule has 0 saturated heterocycles. The van der Waals surface area contributed by atoms with Gasteiger partial charge in [-0.3, -0.25) is 10.1 Å². The molecule has 0 spiro atoms. The summed E-state index contributed by atoms with van der Waals surface area (Å²) in [6, 6.07) is 7.36. The van der Waals surface area contributed by atoms with E-state index in [9.17, 15) is 18.4 Å². The first-order valence-electron chi connectivity index (χ1n) is 7.03. The van der Waals surface area contributed by atoms with Crippen LogP contribution in [0.1, 0.15) is 28.6 Å². The third kappa shape index (κ3) is 3.32. The molecule has 5 nitrogen and oxygen atoms in total. The van der Waals surface area contributed by atoms with Crippen LogP contribution in [0.15, 0.2) is 49.1 Å². The van der Waals surface area contributed by atoms with E-state index in [1.165, 1.54) is 6.20 Å². The third-order valence-electron chi connectivity index (χ3n) is 3.56. The highest BCUT2D eigenvalue weighted by Gasteiger charge is 2.35. The minimum atomic E-state index is -4.55. The van der Waals surface area contributed by atoms with E-state index in [0.29, 0.717) is 5.69 Å². The molecule has 126 valence electrons. The van der Waals surface area contributed by atoms with Crippen LogP contribution in [0.4, 0.5) is 13.2 Å². The lowest BCUT2D eigenvalue weighted by molar-refractivity contribution is -0.705. The Hall–Kier alpha value is -2.92. The average Bonchev–Trinajstić information content (AvgIpc) is 3.05. The van der Waals surface area contributed by atoms with Gasteiger partial charge in [-0.05, 0) is 6.07 Å². The molecule has 0 saturated carbocycles. The van der Waals surface area contributed by atoms with Gasteiger partial charge in [-0.1, -0.05) is 17.7 Å². The maximum Gasteiger partial charge on any atom is 0.417 e. The highest BCUT2D eigenvalue weighted by Crippen LogP contribution is 2.33. The van der Waals surface area contributed by atoms with Gasteiger partial charge in [0.1, 0.15) is 23.0 Å². The molecule has 0 aromatic carbocycles. The highest BCUT2D eigenvalue weighted by molar-refractivity contribution is 6.31. The van der Waals surface area contributed by atoms with Crippen LogP contribution in [0.2, 0.25) is 5.02 Å². The lowest BCUT2D eigenvalue weighted by Gasteiger charge is -2.14. The van der Waals surface area contributed by atoms with Crippen molar-refractivity contribution in [3.63, 3.8) is 0 Å². The molecule has 3 aromatic rings. The number of pyridine rings is 2. The van der Waals surface area contributed by atoms with E-state index < -0.39 is 17.8 Å². The van der Waals surface area contributed by atoms with Crippen molar-refractivity contribution in [1.29, 1.82) is 5.26 Å². The van der Waals surface area contributed by atoms with Gasteiger partial charge in [-0.15, -0.1) is 0 Å². The first-order valence-corrected chi connectivity index (χ1v) is 7.41. The van der Waals surface area contributed by atoms with Gasteiger partial charge in [-0.25, -0.2) is 0 Å². The van der Waals surface area contributed by atoms with Gasteiger partial charge in [0.2, 0.25) is 6.04 Å². The summed E-state index contributed by atoms with van der Waals surface area (Å²) in [6.45, 7) is 0. The van der Waals surface area contributed by atoms with Crippen molar-refractivity contribution in [2.45, 2.75) is 12.2 Å². The number of hydrogen-bond acceptors (Lipinski definition) is 3. The van der Waals surface area contributed by atoms with Crippen molar-refractivity contribution in [3.8, 4) is 6.07 Å². The zero-order valence-corrected chi connectivity index (χ0v) is 13.3. The monoisotopic (exact) mass is 364 g/mol. The van der Waals surface area contributed by atoms with Crippen LogP contribution in [0.5, 0.6) is 0 Å². The molecule has 3 rings (SSSR count). The fourth-order valence-corrected chi connectivity index (χ4v) is 2.68. The number of aromatic amines is 1. The molecule has 1 N–H and O–H groups in total. The summed E-state index contributed by atoms with van der Waals surface area (Å²) >= 11 is 6.10. The Balaban J connectivity index is 2.18. The van der Waals surface area contributed by atoms with Gasteiger partial charge in [0, 0.05) is 18.3 Å². The molecule has 9 heteroatoms. The zero-order chi connectivity index (χ0) is 18.0. The van der Waals surface area contributed by atoms with E-state index in [4.69, 9.17) is 11.6 Å². The molecule has 25 heavy (non-hydrogen) atoms. The maximum atomic E-state index is 12.9. The minimum absolute atomic E-state index is 0.158. The number of H-pyrrole nitrogens is 1. The SMILES string of the molecule is N#Cc1cn[nH]c1C(c1ncc(C(F)(F)F)cc1Cl)[n+]1ccccc1. The van der Waals surface area contributed by atoms with E-state index in [0.717, 1.165) is 12.3 Å². The van der Waals surface area contributed by atoms with Crippen molar-refractivity contribution in [1.82, 2.24) is 15.2 Å². The number of hydrogen-bond donors (Lipinski definition) is 1. The number of nitriles is 1. The predicted octanol–water partition coefficient (Wildman–Crippen LogP) is 3.27. The van der Waals surface area contributed by atoms with Gasteiger partial charge in [0.15, 0.2) is 12.4 Å². The average molecular weight is 365 g/mol. The second kappa shape index (κ2) is 6.53. The van der Waals surface area contributed by atoms with Crippen molar-refractivity contribution >= 4 is 11.6 Å². The molecular formula is C16H10ClF3N5+. The summed E-state index contributed by atoms with van der Waals surface area (Å²) < 4.78 is 40.2. The predicted molar refractivity (Wildman–Crippen MR) is 81.4 cm³/mol. The molecule has 0 aliphatic carbocycles. The molecule has 3 heterocycles. The molecule has 3 aromatic heterocycles. The van der Waals surface area contributed by atoms with Gasteiger partial charge < -0.3 is 0 Å². The topological polar surface area (TPSA) is 69.2 Å². The smallest absolute Gasteiger partial charge is 0.274 e. The summed E-state index contributed by atoms with van der Waals surface area (Å²) in [5.74, 6) is 0. The Morgan fingerprint density at radius 3 is 2.52 bits per heavy atom. The largest absolute Gasteiger partial charge is 0.417 e. The van der Waals surface area contributed by atoms with E-state index in [2.05, 4.69) is 15.2 Å².